The molecule has 0 saturated heterocycles. The molecule has 1 aliphatic heterocycles. The Labute approximate surface area is 182 Å². The van der Waals surface area contributed by atoms with Crippen LogP contribution in [0, 0.1) is 5.82 Å². The lowest BCUT2D eigenvalue weighted by Crippen LogP contribution is -2.30. The van der Waals surface area contributed by atoms with Gasteiger partial charge in [0.2, 0.25) is 0 Å². The summed E-state index contributed by atoms with van der Waals surface area (Å²) in [5, 5.41) is 7.96. The van der Waals surface area contributed by atoms with Crippen LogP contribution in [0.4, 0.5) is 9.52 Å². The van der Waals surface area contributed by atoms with E-state index < -0.39 is 6.04 Å². The Kier molecular flexibility index (Phi) is 4.37. The van der Waals surface area contributed by atoms with Gasteiger partial charge in [-0.1, -0.05) is 50.3 Å². The van der Waals surface area contributed by atoms with Gasteiger partial charge < -0.3 is 4.74 Å². The van der Waals surface area contributed by atoms with Gasteiger partial charge in [-0.15, -0.1) is 0 Å². The van der Waals surface area contributed by atoms with E-state index in [1.807, 2.05) is 24.3 Å². The highest BCUT2D eigenvalue weighted by molar-refractivity contribution is 7.22. The van der Waals surface area contributed by atoms with Gasteiger partial charge in [0, 0.05) is 22.2 Å². The minimum Gasteiger partial charge on any atom is -0.496 e. The number of nitrogens with one attached hydrogen (secondary N) is 1. The van der Waals surface area contributed by atoms with Crippen LogP contribution >= 0.6 is 11.3 Å². The molecule has 1 unspecified atom stereocenters. The molecule has 0 saturated carbocycles. The number of H-pyrrole nitrogens is 1. The summed E-state index contributed by atoms with van der Waals surface area (Å²) in [6, 6.07) is 11.6. The number of halogens is 1. The van der Waals surface area contributed by atoms with Gasteiger partial charge in [0.15, 0.2) is 10.8 Å². The molecular formula is C23H21FN4O2S. The Balaban J connectivity index is 1.76. The molecule has 4 aromatic rings. The fourth-order valence-electron chi connectivity index (χ4n) is 4.09. The number of hydrogen-bond donors (Lipinski definition) is 1. The Morgan fingerprint density at radius 2 is 1.97 bits per heavy atom. The number of rotatable bonds is 3. The van der Waals surface area contributed by atoms with Crippen molar-refractivity contribution in [2.45, 2.75) is 32.2 Å². The third-order valence-corrected chi connectivity index (χ3v) is 6.50. The van der Waals surface area contributed by atoms with Gasteiger partial charge in [-0.3, -0.25) is 14.8 Å². The number of thiazole rings is 1. The molecule has 158 valence electrons. The van der Waals surface area contributed by atoms with Crippen molar-refractivity contribution < 1.29 is 13.9 Å². The molecule has 5 rings (SSSR count). The van der Waals surface area contributed by atoms with Gasteiger partial charge in [0.1, 0.15) is 11.6 Å². The van der Waals surface area contributed by atoms with E-state index >= 15 is 0 Å². The van der Waals surface area contributed by atoms with Gasteiger partial charge in [0.05, 0.1) is 23.4 Å². The number of anilines is 1. The zero-order valence-corrected chi connectivity index (χ0v) is 18.4. The summed E-state index contributed by atoms with van der Waals surface area (Å²) in [5.41, 5.74) is 3.33. The lowest BCUT2D eigenvalue weighted by molar-refractivity contribution is 0.0988. The number of hydrogen-bond acceptors (Lipinski definition) is 5. The molecule has 1 atom stereocenters. The summed E-state index contributed by atoms with van der Waals surface area (Å²) < 4.78 is 20.1. The van der Waals surface area contributed by atoms with E-state index in [0.29, 0.717) is 26.8 Å². The zero-order valence-electron chi connectivity index (χ0n) is 17.6. The topological polar surface area (TPSA) is 71.1 Å². The highest BCUT2D eigenvalue weighted by Gasteiger charge is 2.46. The first kappa shape index (κ1) is 19.7. The third-order valence-electron chi connectivity index (χ3n) is 5.49. The molecule has 0 fully saturated rings. The molecular weight excluding hydrogens is 415 g/mol. The quantitative estimate of drug-likeness (QED) is 0.478. The summed E-state index contributed by atoms with van der Waals surface area (Å²) in [4.78, 5) is 19.9. The molecule has 2 aromatic carbocycles. The van der Waals surface area contributed by atoms with Crippen LogP contribution in [0.15, 0.2) is 42.5 Å². The van der Waals surface area contributed by atoms with E-state index in [0.717, 1.165) is 16.8 Å². The number of aromatic nitrogens is 3. The maximum atomic E-state index is 13.8. The van der Waals surface area contributed by atoms with E-state index in [1.54, 1.807) is 18.1 Å². The lowest BCUT2D eigenvalue weighted by Gasteiger charge is -2.27. The highest BCUT2D eigenvalue weighted by Crippen LogP contribution is 2.48. The first-order chi connectivity index (χ1) is 14.8. The maximum Gasteiger partial charge on any atom is 0.281 e. The van der Waals surface area contributed by atoms with Crippen LogP contribution < -0.4 is 9.64 Å². The Bertz CT molecular complexity index is 1320. The van der Waals surface area contributed by atoms with Crippen molar-refractivity contribution in [1.29, 1.82) is 0 Å². The molecule has 0 spiro atoms. The average molecular weight is 437 g/mol. The van der Waals surface area contributed by atoms with Crippen molar-refractivity contribution >= 4 is 32.6 Å². The first-order valence-electron chi connectivity index (χ1n) is 9.91. The van der Waals surface area contributed by atoms with Crippen LogP contribution in [0.5, 0.6) is 5.75 Å². The number of methoxy groups -OCH3 is 1. The van der Waals surface area contributed by atoms with Crippen LogP contribution in [0.1, 0.15) is 54.1 Å². The fourth-order valence-corrected chi connectivity index (χ4v) is 5.10. The number of fused-ring (bicyclic) bond motifs is 2. The van der Waals surface area contributed by atoms with Gasteiger partial charge >= 0.3 is 0 Å². The number of benzene rings is 2. The second-order valence-corrected chi connectivity index (χ2v) is 9.55. The van der Waals surface area contributed by atoms with E-state index in [1.165, 1.54) is 23.5 Å². The Morgan fingerprint density at radius 3 is 2.71 bits per heavy atom. The molecule has 0 aliphatic carbocycles. The summed E-state index contributed by atoms with van der Waals surface area (Å²) in [5.74, 6) is 0.100. The predicted molar refractivity (Wildman–Crippen MR) is 119 cm³/mol. The number of nitrogens with zero attached hydrogens (tertiary/aromatic N) is 3. The van der Waals surface area contributed by atoms with Crippen LogP contribution in [-0.2, 0) is 5.41 Å². The normalized spacial score (nSPS) is 16.2. The summed E-state index contributed by atoms with van der Waals surface area (Å²) in [6.45, 7) is 6.23. The minimum absolute atomic E-state index is 0.239. The molecule has 8 heteroatoms. The van der Waals surface area contributed by atoms with Crippen molar-refractivity contribution in [1.82, 2.24) is 15.2 Å². The number of aromatic amines is 1. The van der Waals surface area contributed by atoms with Crippen molar-refractivity contribution in [3.05, 3.63) is 70.8 Å². The zero-order chi connectivity index (χ0) is 21.9. The SMILES string of the molecule is COc1ccccc1C1c2c(n[nH]c2C(C)(C)C)C(=O)N1c1nc2ccc(F)cc2s1. The smallest absolute Gasteiger partial charge is 0.281 e. The molecule has 1 N–H and O–H groups in total. The van der Waals surface area contributed by atoms with E-state index in [-0.39, 0.29) is 17.1 Å². The lowest BCUT2D eigenvalue weighted by atomic mass is 9.85. The average Bonchev–Trinajstić information content (AvgIpc) is 3.40. The number of ether oxygens (including phenoxy) is 1. The number of carbonyl (C=O) groups excluding carboxylic acids is 1. The standard InChI is InChI=1S/C23H21FN4O2S/c1-23(2,3)20-17-18(26-27-20)21(29)28(19(17)13-7-5-6-8-15(13)30-4)22-25-14-10-9-12(24)11-16(14)31-22/h5-11,19H,1-4H3,(H,26,27). The van der Waals surface area contributed by atoms with Crippen LogP contribution in [-0.4, -0.2) is 28.2 Å². The summed E-state index contributed by atoms with van der Waals surface area (Å²) in [6.07, 6.45) is 0. The molecule has 0 radical (unpaired) electrons. The van der Waals surface area contributed by atoms with E-state index in [2.05, 4.69) is 36.0 Å². The van der Waals surface area contributed by atoms with E-state index in [4.69, 9.17) is 4.74 Å². The third kappa shape index (κ3) is 3.01. The summed E-state index contributed by atoms with van der Waals surface area (Å²) >= 11 is 1.29. The molecule has 0 bridgehead atoms. The van der Waals surface area contributed by atoms with Gasteiger partial charge in [-0.05, 0) is 24.3 Å². The molecule has 31 heavy (non-hydrogen) atoms. The Hall–Kier alpha value is -3.26. The van der Waals surface area contributed by atoms with Crippen molar-refractivity contribution in [3.63, 3.8) is 0 Å². The largest absolute Gasteiger partial charge is 0.496 e. The van der Waals surface area contributed by atoms with Gasteiger partial charge in [0.25, 0.3) is 5.91 Å². The molecule has 3 heterocycles. The monoisotopic (exact) mass is 436 g/mol. The number of carbonyl (C=O) groups is 1. The van der Waals surface area contributed by atoms with Gasteiger partial charge in [-0.2, -0.15) is 5.10 Å². The minimum atomic E-state index is -0.461. The fraction of sp³-hybridized carbons (Fsp3) is 0.261. The first-order valence-corrected chi connectivity index (χ1v) is 10.7. The van der Waals surface area contributed by atoms with E-state index in [9.17, 15) is 9.18 Å². The maximum absolute atomic E-state index is 13.8. The van der Waals surface area contributed by atoms with Crippen molar-refractivity contribution in [2.24, 2.45) is 0 Å². The number of amides is 1. The van der Waals surface area contributed by atoms with Crippen molar-refractivity contribution in [3.8, 4) is 5.75 Å². The molecule has 6 nitrogen and oxygen atoms in total. The van der Waals surface area contributed by atoms with Crippen LogP contribution in [0.25, 0.3) is 10.2 Å². The van der Waals surface area contributed by atoms with Crippen LogP contribution in [0.3, 0.4) is 0 Å². The molecule has 2 aromatic heterocycles. The second-order valence-electron chi connectivity index (χ2n) is 8.54. The molecule has 1 aliphatic rings. The predicted octanol–water partition coefficient (Wildman–Crippen LogP) is 5.21. The Morgan fingerprint density at radius 1 is 1.19 bits per heavy atom. The highest BCUT2D eigenvalue weighted by atomic mass is 32.1. The van der Waals surface area contributed by atoms with Crippen LogP contribution in [0.2, 0.25) is 0 Å². The summed E-state index contributed by atoms with van der Waals surface area (Å²) in [7, 11) is 1.61. The van der Waals surface area contributed by atoms with Crippen molar-refractivity contribution in [2.75, 3.05) is 12.0 Å². The van der Waals surface area contributed by atoms with Gasteiger partial charge in [-0.25, -0.2) is 9.37 Å². The second kappa shape index (κ2) is 6.88. The number of para-hydroxylation sites is 1. The molecule has 1 amide bonds.